The maximum Gasteiger partial charge on any atom is 0.324 e. The predicted octanol–water partition coefficient (Wildman–Crippen LogP) is 3.64. The van der Waals surface area contributed by atoms with E-state index in [0.717, 1.165) is 4.31 Å². The molecule has 0 saturated carbocycles. The van der Waals surface area contributed by atoms with Gasteiger partial charge in [0, 0.05) is 22.3 Å². The van der Waals surface area contributed by atoms with Gasteiger partial charge in [-0.05, 0) is 61.7 Å². The second kappa shape index (κ2) is 9.34. The minimum Gasteiger partial charge on any atom is -0.454 e. The number of benzene rings is 2. The van der Waals surface area contributed by atoms with Crippen LogP contribution in [0.25, 0.3) is 0 Å². The minimum atomic E-state index is -3.89. The molecule has 2 aromatic carbocycles. The van der Waals surface area contributed by atoms with Crippen LogP contribution in [0.4, 0.5) is 5.69 Å². The van der Waals surface area contributed by atoms with Gasteiger partial charge in [0.05, 0.1) is 4.90 Å². The van der Waals surface area contributed by atoms with Crippen molar-refractivity contribution in [3.05, 3.63) is 58.1 Å². The third-order valence-electron chi connectivity index (χ3n) is 4.78. The van der Waals surface area contributed by atoms with E-state index in [1.165, 1.54) is 24.3 Å². The Bertz CT molecular complexity index is 1060. The number of anilines is 1. The molecule has 1 fully saturated rings. The largest absolute Gasteiger partial charge is 0.454 e. The molecule has 1 atom stereocenters. The normalized spacial score (nSPS) is 17.0. The number of nitrogens with zero attached hydrogens (tertiary/aromatic N) is 1. The van der Waals surface area contributed by atoms with E-state index in [1.807, 2.05) is 0 Å². The molecule has 0 aromatic heterocycles. The Hall–Kier alpha value is -2.13. The molecule has 1 aliphatic heterocycles. The molecule has 1 aliphatic rings. The van der Waals surface area contributed by atoms with Crippen LogP contribution in [-0.4, -0.2) is 43.8 Å². The average Bonchev–Trinajstić information content (AvgIpc) is 3.21. The molecule has 160 valence electrons. The number of amides is 1. The van der Waals surface area contributed by atoms with E-state index in [9.17, 15) is 18.0 Å². The van der Waals surface area contributed by atoms with Gasteiger partial charge in [-0.3, -0.25) is 9.59 Å². The van der Waals surface area contributed by atoms with Gasteiger partial charge in [0.15, 0.2) is 6.61 Å². The van der Waals surface area contributed by atoms with Gasteiger partial charge in [0.1, 0.15) is 6.04 Å². The van der Waals surface area contributed by atoms with Crippen molar-refractivity contribution in [3.8, 4) is 0 Å². The van der Waals surface area contributed by atoms with Gasteiger partial charge in [-0.15, -0.1) is 0 Å². The quantitative estimate of drug-likeness (QED) is 0.650. The second-order valence-corrected chi connectivity index (χ2v) is 9.53. The van der Waals surface area contributed by atoms with Gasteiger partial charge in [-0.2, -0.15) is 4.31 Å². The molecule has 1 amide bonds. The second-order valence-electron chi connectivity index (χ2n) is 6.80. The molecule has 3 rings (SSSR count). The van der Waals surface area contributed by atoms with Crippen LogP contribution in [0.2, 0.25) is 10.0 Å². The summed E-state index contributed by atoms with van der Waals surface area (Å²) in [5.41, 5.74) is 1.20. The molecule has 1 heterocycles. The van der Waals surface area contributed by atoms with E-state index in [2.05, 4.69) is 5.32 Å². The Balaban J connectivity index is 1.63. The number of rotatable bonds is 6. The van der Waals surface area contributed by atoms with Crippen LogP contribution in [-0.2, 0) is 24.3 Å². The summed E-state index contributed by atoms with van der Waals surface area (Å²) in [7, 11) is -3.89. The molecular formula is C20H20Cl2N2O5S. The zero-order valence-electron chi connectivity index (χ0n) is 16.1. The van der Waals surface area contributed by atoms with E-state index >= 15 is 0 Å². The number of carbonyl (C=O) groups excluding carboxylic acids is 2. The summed E-state index contributed by atoms with van der Waals surface area (Å²) in [5, 5.41) is 3.53. The van der Waals surface area contributed by atoms with Crippen molar-refractivity contribution in [3.63, 3.8) is 0 Å². The highest BCUT2D eigenvalue weighted by Gasteiger charge is 2.40. The highest BCUT2D eigenvalue weighted by Crippen LogP contribution is 2.28. The molecule has 10 heteroatoms. The van der Waals surface area contributed by atoms with E-state index in [4.69, 9.17) is 27.9 Å². The topological polar surface area (TPSA) is 92.8 Å². The molecule has 7 nitrogen and oxygen atoms in total. The number of ether oxygens (including phenoxy) is 1. The summed E-state index contributed by atoms with van der Waals surface area (Å²) in [4.78, 5) is 24.7. The first kappa shape index (κ1) is 22.6. The average molecular weight is 471 g/mol. The Morgan fingerprint density at radius 3 is 2.57 bits per heavy atom. The van der Waals surface area contributed by atoms with Gasteiger partial charge in [0.25, 0.3) is 5.91 Å². The summed E-state index contributed by atoms with van der Waals surface area (Å²) in [6.45, 7) is 1.41. The van der Waals surface area contributed by atoms with Crippen LogP contribution in [0.15, 0.2) is 47.4 Å². The van der Waals surface area contributed by atoms with Gasteiger partial charge in [0.2, 0.25) is 10.0 Å². The smallest absolute Gasteiger partial charge is 0.324 e. The summed E-state index contributed by atoms with van der Waals surface area (Å²) in [5.74, 6) is -1.30. The zero-order chi connectivity index (χ0) is 21.9. The number of hydrogen-bond donors (Lipinski definition) is 1. The summed E-state index contributed by atoms with van der Waals surface area (Å²) >= 11 is 11.8. The van der Waals surface area contributed by atoms with E-state index in [0.29, 0.717) is 34.1 Å². The molecule has 0 bridgehead atoms. The number of halogens is 2. The maximum absolute atomic E-state index is 12.9. The first-order chi connectivity index (χ1) is 14.2. The Morgan fingerprint density at radius 1 is 1.17 bits per heavy atom. The molecule has 0 aliphatic carbocycles. The van der Waals surface area contributed by atoms with E-state index < -0.39 is 34.5 Å². The van der Waals surface area contributed by atoms with Crippen LogP contribution < -0.4 is 5.32 Å². The molecule has 1 N–H and O–H groups in total. The SMILES string of the molecule is Cc1c(Cl)cccc1NC(=O)COC(=O)[C@@H]1CCCN1S(=O)(=O)c1ccc(Cl)cc1. The lowest BCUT2D eigenvalue weighted by Crippen LogP contribution is -2.42. The highest BCUT2D eigenvalue weighted by atomic mass is 35.5. The summed E-state index contributed by atoms with van der Waals surface area (Å²) in [6, 6.07) is 9.81. The third-order valence-corrected chi connectivity index (χ3v) is 7.37. The monoisotopic (exact) mass is 470 g/mol. The van der Waals surface area contributed by atoms with Crippen LogP contribution in [0.3, 0.4) is 0 Å². The molecule has 30 heavy (non-hydrogen) atoms. The number of sulfonamides is 1. The fraction of sp³-hybridized carbons (Fsp3) is 0.300. The number of esters is 1. The van der Waals surface area contributed by atoms with Crippen LogP contribution in [0.5, 0.6) is 0 Å². The van der Waals surface area contributed by atoms with Crippen molar-refractivity contribution in [2.45, 2.75) is 30.7 Å². The Morgan fingerprint density at radius 2 is 1.87 bits per heavy atom. The molecule has 2 aromatic rings. The van der Waals surface area contributed by atoms with Crippen molar-refractivity contribution in [1.82, 2.24) is 4.31 Å². The fourth-order valence-electron chi connectivity index (χ4n) is 3.17. The van der Waals surface area contributed by atoms with Crippen molar-refractivity contribution >= 4 is 50.8 Å². The van der Waals surface area contributed by atoms with Crippen LogP contribution in [0.1, 0.15) is 18.4 Å². The molecule has 1 saturated heterocycles. The standard InChI is InChI=1S/C20H20Cl2N2O5S/c1-13-16(22)4-2-5-17(13)23-19(25)12-29-20(26)18-6-3-11-24(18)30(27,28)15-9-7-14(21)8-10-15/h2,4-5,7-10,18H,3,6,11-12H2,1H3,(H,23,25)/t18-/m0/s1. The van der Waals surface area contributed by atoms with Gasteiger partial charge in [-0.25, -0.2) is 8.42 Å². The van der Waals surface area contributed by atoms with Crippen molar-refractivity contribution in [2.75, 3.05) is 18.5 Å². The Kier molecular flexibility index (Phi) is 7.02. The first-order valence-corrected chi connectivity index (χ1v) is 11.4. The third kappa shape index (κ3) is 4.95. The first-order valence-electron chi connectivity index (χ1n) is 9.19. The number of carbonyl (C=O) groups is 2. The number of nitrogens with one attached hydrogen (secondary N) is 1. The maximum atomic E-state index is 12.9. The lowest BCUT2D eigenvalue weighted by molar-refractivity contribution is -0.150. The fourth-order valence-corrected chi connectivity index (χ4v) is 5.11. The summed E-state index contributed by atoms with van der Waals surface area (Å²) < 4.78 is 32.0. The molecule has 0 spiro atoms. The molecular weight excluding hydrogens is 451 g/mol. The van der Waals surface area contributed by atoms with E-state index in [-0.39, 0.29) is 11.4 Å². The van der Waals surface area contributed by atoms with Gasteiger partial charge in [-0.1, -0.05) is 29.3 Å². The van der Waals surface area contributed by atoms with Crippen molar-refractivity contribution in [1.29, 1.82) is 0 Å². The van der Waals surface area contributed by atoms with E-state index in [1.54, 1.807) is 25.1 Å². The number of hydrogen-bond acceptors (Lipinski definition) is 5. The lowest BCUT2D eigenvalue weighted by atomic mass is 10.2. The zero-order valence-corrected chi connectivity index (χ0v) is 18.4. The molecule has 0 radical (unpaired) electrons. The van der Waals surface area contributed by atoms with Gasteiger partial charge < -0.3 is 10.1 Å². The van der Waals surface area contributed by atoms with Crippen molar-refractivity contribution in [2.24, 2.45) is 0 Å². The predicted molar refractivity (Wildman–Crippen MR) is 114 cm³/mol. The van der Waals surface area contributed by atoms with Crippen LogP contribution >= 0.6 is 23.2 Å². The lowest BCUT2D eigenvalue weighted by Gasteiger charge is -2.22. The van der Waals surface area contributed by atoms with Crippen LogP contribution in [0, 0.1) is 6.92 Å². The van der Waals surface area contributed by atoms with Gasteiger partial charge >= 0.3 is 5.97 Å². The Labute approximate surface area is 185 Å². The summed E-state index contributed by atoms with van der Waals surface area (Å²) in [6.07, 6.45) is 0.834. The highest BCUT2D eigenvalue weighted by molar-refractivity contribution is 7.89. The minimum absolute atomic E-state index is 0.0424. The molecule has 0 unspecified atom stereocenters. The van der Waals surface area contributed by atoms with Crippen molar-refractivity contribution < 1.29 is 22.7 Å².